The molecule has 3 fully saturated rings. The summed E-state index contributed by atoms with van der Waals surface area (Å²) in [6.45, 7) is 13.6. The Morgan fingerprint density at radius 2 is 0.846 bits per heavy atom. The third kappa shape index (κ3) is 26.9. The van der Waals surface area contributed by atoms with Crippen molar-refractivity contribution in [2.24, 2.45) is 0 Å². The van der Waals surface area contributed by atoms with Crippen LogP contribution in [0.1, 0.15) is 137 Å². The Morgan fingerprint density at radius 1 is 0.453 bits per heavy atom. The van der Waals surface area contributed by atoms with Gasteiger partial charge in [-0.15, -0.1) is 20.4 Å². The number of carbonyl (C=O) groups excluding carboxylic acids is 7. The van der Waals surface area contributed by atoms with Gasteiger partial charge in [0.2, 0.25) is 41.2 Å². The number of carboxylic acid groups (broad SMARTS) is 3. The first kappa shape index (κ1) is 92.2. The summed E-state index contributed by atoms with van der Waals surface area (Å²) in [7, 11) is 0. The minimum atomic E-state index is -1.21. The standard InChI is InChI=1S/C79H107N17O20.Lu/c1-7-80-78(112)75-87-85-73(59-41-57(49(3)4)62(97)43-64(59)99)95(75)51-9-13-53(14-10-51)115-55-20-27-93(28-21-55)68(103)18-17-61(84-66(101)24-39-114-40-26-82-67(102)45-89-31-33-90(46-70(105)106)35-37-92(48-72(109)110)38-36-91(34-32-89)47-71(107)108)77(111)83-25-19-69(104)94-29-22-56(23-30-94)116-54-15-11-52(12-16-54)96-74(86-88-76(96)79(113)81-8-2)60-42-58(50(5)6)63(98)44-65(60)100;/h9-16,41-44,49-50,55-56,61,97-100H,7-8,17-40,45-48H2,1-6H3,(H,80,112)(H,81,113)(H,82,102)(H,83,111)(H,84,101)(H,105,106)(H,107,108)(H,109,110);/t61-;/m1./s1. The van der Waals surface area contributed by atoms with E-state index < -0.39 is 53.5 Å². The van der Waals surface area contributed by atoms with Gasteiger partial charge in [-0.05, 0) is 104 Å². The zero-order chi connectivity index (χ0) is 83.7. The molecule has 12 N–H and O–H groups in total. The summed E-state index contributed by atoms with van der Waals surface area (Å²) in [6, 6.07) is 18.3. The maximum atomic E-state index is 14.1. The molecular weight excluding hydrogens is 1680 g/mol. The predicted molar refractivity (Wildman–Crippen MR) is 421 cm³/mol. The van der Waals surface area contributed by atoms with Crippen LogP contribution in [0.4, 0.5) is 0 Å². The molecule has 0 spiro atoms. The number of phenolic OH excluding ortho intramolecular Hbond substituents is 4. The molecule has 2 aromatic heterocycles. The summed E-state index contributed by atoms with van der Waals surface area (Å²) in [5.41, 5.74) is 2.60. The molecule has 38 heteroatoms. The Morgan fingerprint density at radius 3 is 1.23 bits per heavy atom. The molecule has 1 atom stereocenters. The maximum absolute atomic E-state index is 14.1. The van der Waals surface area contributed by atoms with Crippen LogP contribution in [0.15, 0.2) is 72.8 Å². The molecule has 0 aliphatic carbocycles. The molecule has 0 bridgehead atoms. The van der Waals surface area contributed by atoms with Crippen molar-refractivity contribution in [1.29, 1.82) is 0 Å². The fourth-order valence-corrected chi connectivity index (χ4v) is 13.9. The van der Waals surface area contributed by atoms with Crippen LogP contribution < -0.4 is 36.1 Å². The molecule has 9 rings (SSSR count). The van der Waals surface area contributed by atoms with E-state index in [1.165, 1.54) is 21.3 Å². The van der Waals surface area contributed by atoms with E-state index in [1.807, 2.05) is 27.7 Å². The molecule has 643 valence electrons. The average Bonchev–Trinajstić information content (AvgIpc) is 1.66. The van der Waals surface area contributed by atoms with Crippen molar-refractivity contribution in [1.82, 2.24) is 85.5 Å². The van der Waals surface area contributed by atoms with Gasteiger partial charge >= 0.3 is 17.9 Å². The Kier molecular flexibility index (Phi) is 35.4. The zero-order valence-corrected chi connectivity index (χ0v) is 68.2. The number of nitrogens with one attached hydrogen (secondary N) is 5. The molecule has 3 aliphatic rings. The number of carboxylic acids is 3. The molecule has 1 radical (unpaired) electrons. The van der Waals surface area contributed by atoms with Crippen molar-refractivity contribution in [3.05, 3.63) is 95.6 Å². The van der Waals surface area contributed by atoms with Gasteiger partial charge < -0.3 is 86.3 Å². The zero-order valence-electron chi connectivity index (χ0n) is 66.6. The van der Waals surface area contributed by atoms with Gasteiger partial charge in [0.05, 0.1) is 50.5 Å². The van der Waals surface area contributed by atoms with Crippen LogP contribution in [0.2, 0.25) is 0 Å². The first-order valence-corrected chi connectivity index (χ1v) is 39.2. The quantitative estimate of drug-likeness (QED) is 0.0252. The van der Waals surface area contributed by atoms with Crippen molar-refractivity contribution in [2.75, 3.05) is 144 Å². The number of benzene rings is 4. The molecule has 0 unspecified atom stereocenters. The number of hydrogen-bond donors (Lipinski definition) is 12. The van der Waals surface area contributed by atoms with E-state index in [9.17, 15) is 83.7 Å². The van der Waals surface area contributed by atoms with Crippen LogP contribution in [0, 0.1) is 36.9 Å². The molecule has 4 aromatic carbocycles. The number of carbonyl (C=O) groups is 10. The number of aromatic nitrogens is 6. The first-order chi connectivity index (χ1) is 55.6. The van der Waals surface area contributed by atoms with Crippen LogP contribution in [0.3, 0.4) is 0 Å². The minimum Gasteiger partial charge on any atom is -0.508 e. The second kappa shape index (κ2) is 44.9. The summed E-state index contributed by atoms with van der Waals surface area (Å²) >= 11 is 0. The summed E-state index contributed by atoms with van der Waals surface area (Å²) in [5, 5.41) is 103. The number of amides is 7. The Hall–Kier alpha value is -10.3. The van der Waals surface area contributed by atoms with Gasteiger partial charge in [-0.25, -0.2) is 0 Å². The van der Waals surface area contributed by atoms with Gasteiger partial charge in [-0.3, -0.25) is 76.7 Å². The second-order valence-electron chi connectivity index (χ2n) is 29.3. The topological polar surface area (TPSA) is 481 Å². The Labute approximate surface area is 706 Å². The number of nitrogens with zero attached hydrogens (tertiary/aromatic N) is 12. The smallest absolute Gasteiger partial charge is 0.317 e. The fourth-order valence-electron chi connectivity index (χ4n) is 13.9. The van der Waals surface area contributed by atoms with Crippen LogP contribution in [-0.4, -0.2) is 316 Å². The molecule has 37 nitrogen and oxygen atoms in total. The monoisotopic (exact) mass is 1790 g/mol. The number of likely N-dealkylation sites (tertiary alicyclic amines) is 2. The van der Waals surface area contributed by atoms with E-state index in [4.69, 9.17) is 14.2 Å². The van der Waals surface area contributed by atoms with Crippen LogP contribution >= 0.6 is 0 Å². The van der Waals surface area contributed by atoms with Crippen LogP contribution in [-0.2, 0) is 43.1 Å². The van der Waals surface area contributed by atoms with Crippen molar-refractivity contribution in [3.63, 3.8) is 0 Å². The van der Waals surface area contributed by atoms with E-state index in [0.717, 1.165) is 0 Å². The van der Waals surface area contributed by atoms with Gasteiger partial charge in [0, 0.05) is 210 Å². The van der Waals surface area contributed by atoms with Gasteiger partial charge in [0.1, 0.15) is 52.7 Å². The first-order valence-electron chi connectivity index (χ1n) is 39.2. The number of aromatic hydroxyl groups is 4. The number of piperidine rings is 2. The predicted octanol–water partition coefficient (Wildman–Crippen LogP) is 2.96. The van der Waals surface area contributed by atoms with E-state index in [2.05, 4.69) is 47.0 Å². The largest absolute Gasteiger partial charge is 0.508 e. The van der Waals surface area contributed by atoms with Crippen LogP contribution in [0.25, 0.3) is 34.2 Å². The summed E-state index contributed by atoms with van der Waals surface area (Å²) in [6.07, 6.45) is 0.776. The molecule has 6 aromatic rings. The van der Waals surface area contributed by atoms with E-state index >= 15 is 0 Å². The van der Waals surface area contributed by atoms with E-state index in [1.54, 1.807) is 104 Å². The van der Waals surface area contributed by atoms with Crippen LogP contribution in [0.5, 0.6) is 34.5 Å². The summed E-state index contributed by atoms with van der Waals surface area (Å²) in [4.78, 5) is 141. The summed E-state index contributed by atoms with van der Waals surface area (Å²) < 4.78 is 21.5. The second-order valence-corrected chi connectivity index (χ2v) is 29.3. The normalized spacial score (nSPS) is 15.5. The fraction of sp³-hybridized carbons (Fsp3) is 0.519. The number of ether oxygens (including phenoxy) is 3. The number of hydrogen-bond acceptors (Lipinski definition) is 25. The minimum absolute atomic E-state index is 0. The SMILES string of the molecule is CCNC(=O)c1nnc(-c2cc(C(C)C)c(O)cc2O)n1-c1ccc(OC2CCN(C(=O)CCNC(=O)[C@@H](CCC(=O)N3CCC(Oc4ccc(-n5c(C(=O)NCC)nnc5-c5cc(C(C)C)c(O)cc5O)cc4)CC3)NC(=O)CCOCCNC(=O)CN3CCN(CC(=O)O)CCN(CC(=O)O)CCN(CC(=O)O)CC3)CC2)cc1.[Lu]. The van der Waals surface area contributed by atoms with E-state index in [0.29, 0.717) is 99.0 Å². The third-order valence-electron chi connectivity index (χ3n) is 20.2. The van der Waals surface area contributed by atoms with Gasteiger partial charge in [-0.1, -0.05) is 27.7 Å². The molecule has 3 saturated heterocycles. The molecule has 0 saturated carbocycles. The molecule has 7 amide bonds. The maximum Gasteiger partial charge on any atom is 0.317 e. The summed E-state index contributed by atoms with van der Waals surface area (Å²) in [5.74, 6) is -5.95. The van der Waals surface area contributed by atoms with Crippen molar-refractivity contribution in [2.45, 2.75) is 123 Å². The molecular formula is C79H107LuN17O20. The Bertz CT molecular complexity index is 4360. The van der Waals surface area contributed by atoms with Crippen molar-refractivity contribution in [3.8, 4) is 68.6 Å². The Balaban J connectivity index is 0.0000171. The molecule has 117 heavy (non-hydrogen) atoms. The van der Waals surface area contributed by atoms with Crippen molar-refractivity contribution >= 4 is 59.3 Å². The van der Waals surface area contributed by atoms with Crippen molar-refractivity contribution < 1.29 is 135 Å². The number of rotatable bonds is 36. The molecule has 3 aliphatic heterocycles. The average molecular weight is 1790 g/mol. The van der Waals surface area contributed by atoms with Gasteiger partial charge in [-0.2, -0.15) is 0 Å². The number of aliphatic carboxylic acids is 3. The number of phenols is 4. The van der Waals surface area contributed by atoms with E-state index in [-0.39, 0.29) is 261 Å². The van der Waals surface area contributed by atoms with Gasteiger partial charge in [0.15, 0.2) is 11.6 Å². The molecule has 5 heterocycles. The van der Waals surface area contributed by atoms with Gasteiger partial charge in [0.25, 0.3) is 11.8 Å². The third-order valence-corrected chi connectivity index (χ3v) is 20.2.